The van der Waals surface area contributed by atoms with Gasteiger partial charge in [-0.3, -0.25) is 0 Å². The summed E-state index contributed by atoms with van der Waals surface area (Å²) in [7, 11) is 0. The molecule has 2 N–H and O–H groups in total. The number of rotatable bonds is 7. The maximum atomic E-state index is 3.44. The quantitative estimate of drug-likeness (QED) is 0.481. The van der Waals surface area contributed by atoms with Crippen molar-refractivity contribution in [1.82, 2.24) is 0 Å². The summed E-state index contributed by atoms with van der Waals surface area (Å²) in [5, 5.41) is 6.89. The lowest BCUT2D eigenvalue weighted by Gasteiger charge is -2.22. The zero-order valence-corrected chi connectivity index (χ0v) is 16.8. The Kier molecular flexibility index (Phi) is 6.18. The standard InChI is InChI=1S/C25H30N2/c1-5-26-23-14-12-21(16-18(23)3)25(20-10-8-7-9-11-20)22-13-15-24(27-6-2)19(4)17-22/h7-17,25-27H,5-6H2,1-4H3. The van der Waals surface area contributed by atoms with Crippen LogP contribution in [0.2, 0.25) is 0 Å². The Morgan fingerprint density at radius 1 is 0.630 bits per heavy atom. The van der Waals surface area contributed by atoms with Gasteiger partial charge in [-0.2, -0.15) is 0 Å². The fraction of sp³-hybridized carbons (Fsp3) is 0.280. The minimum atomic E-state index is 0.231. The SMILES string of the molecule is CCNc1ccc(C(c2ccccc2)c2ccc(NCC)c(C)c2)cc1C. The normalized spacial score (nSPS) is 10.9. The molecule has 0 atom stereocenters. The van der Waals surface area contributed by atoms with E-state index in [-0.39, 0.29) is 5.92 Å². The fourth-order valence-electron chi connectivity index (χ4n) is 3.73. The summed E-state index contributed by atoms with van der Waals surface area (Å²) in [5.74, 6) is 0.231. The van der Waals surface area contributed by atoms with Gasteiger partial charge in [0, 0.05) is 30.4 Å². The molecular weight excluding hydrogens is 328 g/mol. The van der Waals surface area contributed by atoms with Gasteiger partial charge in [0.2, 0.25) is 0 Å². The molecule has 3 rings (SSSR count). The van der Waals surface area contributed by atoms with Crippen LogP contribution in [0, 0.1) is 13.8 Å². The molecule has 0 saturated carbocycles. The van der Waals surface area contributed by atoms with Crippen LogP contribution in [0.5, 0.6) is 0 Å². The van der Waals surface area contributed by atoms with Gasteiger partial charge < -0.3 is 10.6 Å². The number of benzene rings is 3. The largest absolute Gasteiger partial charge is 0.385 e. The monoisotopic (exact) mass is 358 g/mol. The van der Waals surface area contributed by atoms with Crippen molar-refractivity contribution in [3.8, 4) is 0 Å². The summed E-state index contributed by atoms with van der Waals surface area (Å²) in [6.45, 7) is 10.5. The van der Waals surface area contributed by atoms with E-state index in [4.69, 9.17) is 0 Å². The van der Waals surface area contributed by atoms with Gasteiger partial charge in [-0.1, -0.05) is 54.6 Å². The Bertz CT molecular complexity index is 829. The van der Waals surface area contributed by atoms with Crippen LogP contribution >= 0.6 is 0 Å². The van der Waals surface area contributed by atoms with Gasteiger partial charge in [-0.25, -0.2) is 0 Å². The van der Waals surface area contributed by atoms with E-state index in [0.717, 1.165) is 13.1 Å². The molecule has 0 aliphatic heterocycles. The Morgan fingerprint density at radius 2 is 1.11 bits per heavy atom. The molecule has 27 heavy (non-hydrogen) atoms. The van der Waals surface area contributed by atoms with E-state index >= 15 is 0 Å². The molecule has 0 saturated heterocycles. The lowest BCUT2D eigenvalue weighted by atomic mass is 9.83. The smallest absolute Gasteiger partial charge is 0.0369 e. The third-order valence-electron chi connectivity index (χ3n) is 5.03. The number of hydrogen-bond acceptors (Lipinski definition) is 2. The summed E-state index contributed by atoms with van der Waals surface area (Å²) in [5.41, 5.74) is 8.99. The predicted octanol–water partition coefficient (Wildman–Crippen LogP) is 6.35. The third kappa shape index (κ3) is 4.33. The van der Waals surface area contributed by atoms with Gasteiger partial charge in [0.25, 0.3) is 0 Å². The Labute approximate surface area is 163 Å². The van der Waals surface area contributed by atoms with Crippen LogP contribution in [0.4, 0.5) is 11.4 Å². The highest BCUT2D eigenvalue weighted by atomic mass is 14.9. The van der Waals surface area contributed by atoms with Crippen molar-refractivity contribution in [2.24, 2.45) is 0 Å². The van der Waals surface area contributed by atoms with Gasteiger partial charge in [0.15, 0.2) is 0 Å². The van der Waals surface area contributed by atoms with Crippen molar-refractivity contribution < 1.29 is 0 Å². The first kappa shape index (κ1) is 19.0. The van der Waals surface area contributed by atoms with Crippen LogP contribution in [-0.4, -0.2) is 13.1 Å². The lowest BCUT2D eigenvalue weighted by molar-refractivity contribution is 0.970. The highest BCUT2D eigenvalue weighted by Crippen LogP contribution is 2.35. The minimum Gasteiger partial charge on any atom is -0.385 e. The molecule has 0 bridgehead atoms. The number of anilines is 2. The maximum Gasteiger partial charge on any atom is 0.0369 e. The van der Waals surface area contributed by atoms with Crippen molar-refractivity contribution in [1.29, 1.82) is 0 Å². The second kappa shape index (κ2) is 8.77. The van der Waals surface area contributed by atoms with Crippen molar-refractivity contribution in [3.63, 3.8) is 0 Å². The summed E-state index contributed by atoms with van der Waals surface area (Å²) in [6, 6.07) is 24.4. The highest BCUT2D eigenvalue weighted by Gasteiger charge is 2.18. The maximum absolute atomic E-state index is 3.44. The summed E-state index contributed by atoms with van der Waals surface area (Å²) in [4.78, 5) is 0. The summed E-state index contributed by atoms with van der Waals surface area (Å²) in [6.07, 6.45) is 0. The molecule has 0 fully saturated rings. The molecule has 3 aromatic carbocycles. The molecule has 0 heterocycles. The zero-order valence-electron chi connectivity index (χ0n) is 16.8. The van der Waals surface area contributed by atoms with Crippen LogP contribution in [0.3, 0.4) is 0 Å². The topological polar surface area (TPSA) is 24.1 Å². The van der Waals surface area contributed by atoms with E-state index < -0.39 is 0 Å². The summed E-state index contributed by atoms with van der Waals surface area (Å²) >= 11 is 0. The average Bonchev–Trinajstić information content (AvgIpc) is 2.67. The van der Waals surface area contributed by atoms with E-state index in [2.05, 4.69) is 105 Å². The van der Waals surface area contributed by atoms with Gasteiger partial charge >= 0.3 is 0 Å². The fourth-order valence-corrected chi connectivity index (χ4v) is 3.73. The molecule has 0 aliphatic carbocycles. The third-order valence-corrected chi connectivity index (χ3v) is 5.03. The number of aryl methyl sites for hydroxylation is 2. The Hall–Kier alpha value is -2.74. The number of hydrogen-bond donors (Lipinski definition) is 2. The van der Waals surface area contributed by atoms with Crippen molar-refractivity contribution >= 4 is 11.4 Å². The van der Waals surface area contributed by atoms with Crippen molar-refractivity contribution in [2.45, 2.75) is 33.6 Å². The van der Waals surface area contributed by atoms with E-state index in [9.17, 15) is 0 Å². The molecular formula is C25H30N2. The molecule has 0 aromatic heterocycles. The first-order chi connectivity index (χ1) is 13.1. The van der Waals surface area contributed by atoms with E-state index in [1.165, 1.54) is 39.2 Å². The van der Waals surface area contributed by atoms with Gasteiger partial charge in [-0.15, -0.1) is 0 Å². The lowest BCUT2D eigenvalue weighted by Crippen LogP contribution is -2.07. The minimum absolute atomic E-state index is 0.231. The Balaban J connectivity index is 2.08. The number of nitrogens with one attached hydrogen (secondary N) is 2. The van der Waals surface area contributed by atoms with E-state index in [1.54, 1.807) is 0 Å². The Morgan fingerprint density at radius 3 is 1.52 bits per heavy atom. The molecule has 140 valence electrons. The molecule has 0 amide bonds. The van der Waals surface area contributed by atoms with Gasteiger partial charge in [0.1, 0.15) is 0 Å². The molecule has 3 aromatic rings. The molecule has 2 nitrogen and oxygen atoms in total. The molecule has 0 unspecified atom stereocenters. The van der Waals surface area contributed by atoms with Crippen LogP contribution in [0.1, 0.15) is 47.6 Å². The second-order valence-electron chi connectivity index (χ2n) is 7.05. The highest BCUT2D eigenvalue weighted by molar-refractivity contribution is 5.58. The van der Waals surface area contributed by atoms with E-state index in [0.29, 0.717) is 0 Å². The van der Waals surface area contributed by atoms with Gasteiger partial charge in [0.05, 0.1) is 0 Å². The average molecular weight is 359 g/mol. The van der Waals surface area contributed by atoms with Gasteiger partial charge in [-0.05, 0) is 67.6 Å². The van der Waals surface area contributed by atoms with Crippen LogP contribution in [0.25, 0.3) is 0 Å². The molecule has 0 radical (unpaired) electrons. The molecule has 0 aliphatic rings. The summed E-state index contributed by atoms with van der Waals surface area (Å²) < 4.78 is 0. The second-order valence-corrected chi connectivity index (χ2v) is 7.05. The zero-order chi connectivity index (χ0) is 19.2. The first-order valence-electron chi connectivity index (χ1n) is 9.87. The predicted molar refractivity (Wildman–Crippen MR) is 118 cm³/mol. The molecule has 2 heteroatoms. The molecule has 0 spiro atoms. The van der Waals surface area contributed by atoms with E-state index in [1.807, 2.05) is 0 Å². The first-order valence-corrected chi connectivity index (χ1v) is 9.87. The van der Waals surface area contributed by atoms with Crippen molar-refractivity contribution in [2.75, 3.05) is 23.7 Å². The van der Waals surface area contributed by atoms with Crippen molar-refractivity contribution in [3.05, 3.63) is 94.5 Å². The van der Waals surface area contributed by atoms with Crippen LogP contribution in [0.15, 0.2) is 66.7 Å². The van der Waals surface area contributed by atoms with Crippen LogP contribution in [-0.2, 0) is 0 Å². The van der Waals surface area contributed by atoms with Crippen LogP contribution < -0.4 is 10.6 Å².